The fourth-order valence-electron chi connectivity index (χ4n) is 0.543. The number of nitrogens with one attached hydrogen (secondary N) is 1. The Morgan fingerprint density at radius 2 is 2.30 bits per heavy atom. The fraction of sp³-hybridized carbons (Fsp3) is 0.143. The van der Waals surface area contributed by atoms with Crippen molar-refractivity contribution in [1.29, 1.82) is 0 Å². The Labute approximate surface area is 60.9 Å². The summed E-state index contributed by atoms with van der Waals surface area (Å²) in [6.07, 6.45) is 2.54. The highest BCUT2D eigenvalue weighted by atomic mass is 16.2. The summed E-state index contributed by atoms with van der Waals surface area (Å²) in [6, 6.07) is 0. The van der Waals surface area contributed by atoms with Gasteiger partial charge in [0.2, 0.25) is 5.91 Å². The molecule has 0 aromatic carbocycles. The summed E-state index contributed by atoms with van der Waals surface area (Å²) in [5.41, 5.74) is 0.384. The normalized spacial score (nSPS) is 14.4. The molecule has 0 atom stereocenters. The minimum Gasteiger partial charge on any atom is -0.323 e. The highest BCUT2D eigenvalue weighted by Crippen LogP contribution is 1.97. The Bertz CT molecular complexity index is 177. The third-order valence-corrected chi connectivity index (χ3v) is 0.918. The van der Waals surface area contributed by atoms with Gasteiger partial charge in [-0.1, -0.05) is 0 Å². The zero-order valence-electron chi connectivity index (χ0n) is 5.59. The predicted octanol–water partition coefficient (Wildman–Crippen LogP) is 0.637. The van der Waals surface area contributed by atoms with Crippen molar-refractivity contribution in [2.45, 2.75) is 6.42 Å². The van der Waals surface area contributed by atoms with Gasteiger partial charge in [-0.25, -0.2) is 0 Å². The molecule has 1 heterocycles. The van der Waals surface area contributed by atoms with Crippen molar-refractivity contribution in [2.75, 3.05) is 0 Å². The van der Waals surface area contributed by atoms with Gasteiger partial charge in [0.1, 0.15) is 0 Å². The smallest absolute Gasteiger partial charge is 0.228 e. The summed E-state index contributed by atoms with van der Waals surface area (Å²) in [4.78, 5) is 20.2. The lowest BCUT2D eigenvalue weighted by Gasteiger charge is -1.87. The number of amides is 1. The van der Waals surface area contributed by atoms with Crippen molar-refractivity contribution in [3.05, 3.63) is 24.9 Å². The molecule has 1 N–H and O–H groups in total. The topological polar surface area (TPSA) is 46.2 Å². The lowest BCUT2D eigenvalue weighted by molar-refractivity contribution is -0.119. The van der Waals surface area contributed by atoms with Gasteiger partial charge in [-0.05, 0) is 6.08 Å². The molecule has 56 valence electrons. The Hall–Kier alpha value is -1.38. The average Bonchev–Trinajstić information content (AvgIpc) is 2.40. The molecular weight excluding hydrogens is 130 g/mol. The number of rotatable bonds is 1. The van der Waals surface area contributed by atoms with Crippen LogP contribution in [0.5, 0.6) is 0 Å². The van der Waals surface area contributed by atoms with Gasteiger partial charge in [-0.2, -0.15) is 0 Å². The van der Waals surface area contributed by atoms with Gasteiger partial charge in [-0.3, -0.25) is 9.59 Å². The van der Waals surface area contributed by atoms with Gasteiger partial charge < -0.3 is 5.32 Å². The van der Waals surface area contributed by atoms with E-state index >= 15 is 0 Å². The van der Waals surface area contributed by atoms with Crippen LogP contribution in [-0.4, -0.2) is 12.2 Å². The van der Waals surface area contributed by atoms with Crippen LogP contribution in [0, 0.1) is 0 Å². The molecule has 0 saturated heterocycles. The van der Waals surface area contributed by atoms with Crippen LogP contribution in [0.2, 0.25) is 0 Å². The largest absolute Gasteiger partial charge is 0.323 e. The first-order chi connectivity index (χ1) is 4.83. The number of carbonyl (C=O) groups excluding carboxylic acids is 2. The number of aldehydes is 1. The van der Waals surface area contributed by atoms with E-state index in [1.165, 1.54) is 0 Å². The van der Waals surface area contributed by atoms with Gasteiger partial charge >= 0.3 is 0 Å². The second-order valence-electron chi connectivity index (χ2n) is 1.53. The van der Waals surface area contributed by atoms with Gasteiger partial charge in [0.25, 0.3) is 0 Å². The zero-order chi connectivity index (χ0) is 7.98. The molecule has 0 aromatic rings. The van der Waals surface area contributed by atoms with Crippen LogP contribution < -0.4 is 5.32 Å². The summed E-state index contributed by atoms with van der Waals surface area (Å²) in [5.74, 6) is -0.105. The first kappa shape index (κ1) is 8.62. The summed E-state index contributed by atoms with van der Waals surface area (Å²) >= 11 is 0. The van der Waals surface area contributed by atoms with Crippen LogP contribution in [0.15, 0.2) is 24.9 Å². The predicted molar refractivity (Wildman–Crippen MR) is 40.3 cm³/mol. The summed E-state index contributed by atoms with van der Waals surface area (Å²) in [5, 5.41) is 2.36. The minimum atomic E-state index is -0.105. The lowest BCUT2D eigenvalue weighted by atomic mass is 10.4. The van der Waals surface area contributed by atoms with Crippen LogP contribution in [-0.2, 0) is 9.59 Å². The Morgan fingerprint density at radius 3 is 2.50 bits per heavy atom. The average molecular weight is 141 g/mol. The quantitative estimate of drug-likeness (QED) is 0.430. The van der Waals surface area contributed by atoms with Gasteiger partial charge in [0, 0.05) is 7.85 Å². The van der Waals surface area contributed by atoms with Crippen molar-refractivity contribution in [3.63, 3.8) is 0 Å². The van der Waals surface area contributed by atoms with E-state index in [0.717, 1.165) is 0 Å². The molecule has 1 aliphatic rings. The second kappa shape index (κ2) is 4.49. The molecule has 10 heavy (non-hydrogen) atoms. The molecule has 0 saturated carbocycles. The monoisotopic (exact) mass is 141 g/mol. The van der Waals surface area contributed by atoms with Gasteiger partial charge in [0.05, 0.1) is 5.70 Å². The molecule has 0 fully saturated rings. The number of carbonyl (C=O) groups is 2. The van der Waals surface area contributed by atoms with E-state index in [4.69, 9.17) is 0 Å². The summed E-state index contributed by atoms with van der Waals surface area (Å²) in [7, 11) is 0. The summed E-state index contributed by atoms with van der Waals surface area (Å²) in [6.45, 7) is 6.00. The highest BCUT2D eigenvalue weighted by molar-refractivity contribution is 5.91. The highest BCUT2D eigenvalue weighted by Gasteiger charge is 2.08. The van der Waals surface area contributed by atoms with Crippen molar-refractivity contribution < 1.29 is 11.0 Å². The fourth-order valence-corrected chi connectivity index (χ4v) is 0.543. The van der Waals surface area contributed by atoms with Crippen molar-refractivity contribution in [2.24, 2.45) is 0 Å². The molecule has 0 spiro atoms. The molecular formula is C7H11NO2. The molecule has 3 heteroatoms. The van der Waals surface area contributed by atoms with E-state index in [2.05, 4.69) is 18.5 Å². The maximum Gasteiger partial charge on any atom is 0.228 e. The minimum absolute atomic E-state index is 0. The van der Waals surface area contributed by atoms with Gasteiger partial charge in [-0.15, -0.1) is 13.2 Å². The molecule has 0 aromatic heterocycles. The van der Waals surface area contributed by atoms with E-state index < -0.39 is 0 Å². The van der Waals surface area contributed by atoms with Crippen LogP contribution in [0.1, 0.15) is 7.85 Å². The SMILES string of the molecule is C=C.O=CC1=CCC(=O)N1.[HH]. The van der Waals surface area contributed by atoms with Crippen LogP contribution >= 0.6 is 0 Å². The number of hydrogen-bond acceptors (Lipinski definition) is 2. The van der Waals surface area contributed by atoms with E-state index in [0.29, 0.717) is 18.4 Å². The Balaban J connectivity index is 0. The van der Waals surface area contributed by atoms with Crippen molar-refractivity contribution >= 4 is 12.2 Å². The number of allylic oxidation sites excluding steroid dienone is 1. The van der Waals surface area contributed by atoms with Crippen molar-refractivity contribution in [1.82, 2.24) is 5.32 Å². The van der Waals surface area contributed by atoms with Crippen LogP contribution in [0.25, 0.3) is 0 Å². The molecule has 0 bridgehead atoms. The van der Waals surface area contributed by atoms with E-state index in [-0.39, 0.29) is 7.33 Å². The third-order valence-electron chi connectivity index (χ3n) is 0.918. The van der Waals surface area contributed by atoms with E-state index in [1.807, 2.05) is 0 Å². The maximum absolute atomic E-state index is 10.3. The lowest BCUT2D eigenvalue weighted by Crippen LogP contribution is -2.15. The van der Waals surface area contributed by atoms with Crippen LogP contribution in [0.4, 0.5) is 0 Å². The zero-order valence-corrected chi connectivity index (χ0v) is 5.59. The standard InChI is InChI=1S/C5H5NO2.C2H4.H2/c7-3-4-1-2-5(8)6-4;1-2;/h1,3H,2H2,(H,6,8);1-2H2;1H. The van der Waals surface area contributed by atoms with Crippen molar-refractivity contribution in [3.8, 4) is 0 Å². The molecule has 0 unspecified atom stereocenters. The first-order valence-electron chi connectivity index (χ1n) is 2.78. The van der Waals surface area contributed by atoms with E-state index in [9.17, 15) is 9.59 Å². The third kappa shape index (κ3) is 2.26. The molecule has 0 aliphatic carbocycles. The second-order valence-corrected chi connectivity index (χ2v) is 1.53. The Morgan fingerprint density at radius 1 is 1.70 bits per heavy atom. The molecule has 1 amide bonds. The summed E-state index contributed by atoms with van der Waals surface area (Å²) < 4.78 is 0. The Kier molecular flexibility index (Phi) is 3.87. The molecule has 3 nitrogen and oxygen atoms in total. The van der Waals surface area contributed by atoms with Gasteiger partial charge in [0.15, 0.2) is 6.29 Å². The van der Waals surface area contributed by atoms with Crippen LogP contribution in [0.3, 0.4) is 0 Å². The van der Waals surface area contributed by atoms with E-state index in [1.54, 1.807) is 6.08 Å². The molecule has 1 aliphatic heterocycles. The first-order valence-corrected chi connectivity index (χ1v) is 2.78. The molecule has 0 radical (unpaired) electrons. The maximum atomic E-state index is 10.3. The number of hydrogen-bond donors (Lipinski definition) is 1. The molecule has 1 rings (SSSR count).